The number of hydrogen-bond donors (Lipinski definition) is 1. The highest BCUT2D eigenvalue weighted by Crippen LogP contribution is 2.07. The molecule has 0 atom stereocenters. The Morgan fingerprint density at radius 1 is 1.62 bits per heavy atom. The summed E-state index contributed by atoms with van der Waals surface area (Å²) in [5.41, 5.74) is 0.951. The van der Waals surface area contributed by atoms with Crippen molar-refractivity contribution in [1.82, 2.24) is 15.4 Å². The second kappa shape index (κ2) is 7.19. The van der Waals surface area contributed by atoms with Gasteiger partial charge in [-0.25, -0.2) is 0 Å². The molecule has 1 rings (SSSR count). The lowest BCUT2D eigenvalue weighted by molar-refractivity contribution is 0.251. The first-order valence-electron chi connectivity index (χ1n) is 5.72. The molecule has 0 fully saturated rings. The summed E-state index contributed by atoms with van der Waals surface area (Å²) < 4.78 is 5.27. The average Bonchev–Trinajstić information content (AvgIpc) is 2.67. The fraction of sp³-hybridized carbons (Fsp3) is 0.583. The average molecular weight is 223 g/mol. The van der Waals surface area contributed by atoms with Crippen LogP contribution < -0.4 is 5.32 Å². The van der Waals surface area contributed by atoms with E-state index in [-0.39, 0.29) is 0 Å². The van der Waals surface area contributed by atoms with E-state index >= 15 is 0 Å². The Hall–Kier alpha value is -1.13. The molecule has 1 N–H and O–H groups in total. The lowest BCUT2D eigenvalue weighted by atomic mass is 10.3. The zero-order chi connectivity index (χ0) is 11.8. The maximum atomic E-state index is 5.27. The summed E-state index contributed by atoms with van der Waals surface area (Å²) in [6.45, 7) is 9.42. The number of rotatable bonds is 8. The van der Waals surface area contributed by atoms with Gasteiger partial charge in [0.25, 0.3) is 0 Å². The standard InChI is InChI=1S/C12H21N3O/c1-4-6-15(7-5-2)10-12-8-11(9-13-3)14-16-12/h4,8,13H,1,5-7,9-10H2,2-3H3. The fourth-order valence-electron chi connectivity index (χ4n) is 1.65. The molecule has 0 bridgehead atoms. The quantitative estimate of drug-likeness (QED) is 0.682. The van der Waals surface area contributed by atoms with Crippen molar-refractivity contribution in [3.8, 4) is 0 Å². The second-order valence-corrected chi connectivity index (χ2v) is 3.84. The van der Waals surface area contributed by atoms with Crippen LogP contribution in [-0.2, 0) is 13.1 Å². The number of aromatic nitrogens is 1. The maximum absolute atomic E-state index is 5.27. The molecule has 0 aliphatic carbocycles. The molecular formula is C12H21N3O. The van der Waals surface area contributed by atoms with Gasteiger partial charge in [-0.1, -0.05) is 18.2 Å². The van der Waals surface area contributed by atoms with Gasteiger partial charge in [-0.3, -0.25) is 4.90 Å². The second-order valence-electron chi connectivity index (χ2n) is 3.84. The summed E-state index contributed by atoms with van der Waals surface area (Å²) in [6.07, 6.45) is 3.05. The van der Waals surface area contributed by atoms with Crippen LogP contribution in [0.1, 0.15) is 24.8 Å². The molecule has 0 aromatic carbocycles. The van der Waals surface area contributed by atoms with E-state index in [4.69, 9.17) is 4.52 Å². The topological polar surface area (TPSA) is 41.3 Å². The van der Waals surface area contributed by atoms with Crippen LogP contribution in [0.3, 0.4) is 0 Å². The predicted molar refractivity (Wildman–Crippen MR) is 65.0 cm³/mol. The van der Waals surface area contributed by atoms with Crippen molar-refractivity contribution in [3.63, 3.8) is 0 Å². The molecule has 1 aromatic rings. The Bertz CT molecular complexity index is 309. The number of hydrogen-bond acceptors (Lipinski definition) is 4. The summed E-state index contributed by atoms with van der Waals surface area (Å²) in [7, 11) is 1.90. The molecule has 16 heavy (non-hydrogen) atoms. The minimum Gasteiger partial charge on any atom is -0.360 e. The van der Waals surface area contributed by atoms with Crippen molar-refractivity contribution < 1.29 is 4.52 Å². The summed E-state index contributed by atoms with van der Waals surface area (Å²) in [6, 6.07) is 2.00. The van der Waals surface area contributed by atoms with Crippen LogP contribution in [0.4, 0.5) is 0 Å². The maximum Gasteiger partial charge on any atom is 0.151 e. The SMILES string of the molecule is C=CCN(CCC)Cc1cc(CNC)no1. The highest BCUT2D eigenvalue weighted by Gasteiger charge is 2.08. The highest BCUT2D eigenvalue weighted by molar-refractivity contribution is 5.05. The molecule has 4 heteroatoms. The van der Waals surface area contributed by atoms with Crippen molar-refractivity contribution in [2.45, 2.75) is 26.4 Å². The van der Waals surface area contributed by atoms with Crippen LogP contribution in [0.25, 0.3) is 0 Å². The first-order chi connectivity index (χ1) is 7.80. The fourth-order valence-corrected chi connectivity index (χ4v) is 1.65. The van der Waals surface area contributed by atoms with Crippen LogP contribution in [0, 0.1) is 0 Å². The molecule has 0 saturated carbocycles. The first kappa shape index (κ1) is 12.9. The van der Waals surface area contributed by atoms with Gasteiger partial charge in [-0.15, -0.1) is 6.58 Å². The zero-order valence-electron chi connectivity index (χ0n) is 10.2. The van der Waals surface area contributed by atoms with Crippen LogP contribution >= 0.6 is 0 Å². The van der Waals surface area contributed by atoms with Crippen molar-refractivity contribution in [2.24, 2.45) is 0 Å². The Morgan fingerprint density at radius 2 is 2.44 bits per heavy atom. The Kier molecular flexibility index (Phi) is 5.82. The van der Waals surface area contributed by atoms with Crippen LogP contribution in [0.15, 0.2) is 23.2 Å². The first-order valence-corrected chi connectivity index (χ1v) is 5.72. The lowest BCUT2D eigenvalue weighted by Gasteiger charge is -2.17. The molecule has 0 unspecified atom stereocenters. The monoisotopic (exact) mass is 223 g/mol. The van der Waals surface area contributed by atoms with Crippen LogP contribution in [-0.4, -0.2) is 30.2 Å². The number of nitrogens with zero attached hydrogens (tertiary/aromatic N) is 2. The van der Waals surface area contributed by atoms with Crippen LogP contribution in [0.2, 0.25) is 0 Å². The highest BCUT2D eigenvalue weighted by atomic mass is 16.5. The van der Waals surface area contributed by atoms with E-state index in [1.807, 2.05) is 19.2 Å². The Labute approximate surface area is 97.3 Å². The van der Waals surface area contributed by atoms with Gasteiger partial charge >= 0.3 is 0 Å². The molecular weight excluding hydrogens is 202 g/mol. The summed E-state index contributed by atoms with van der Waals surface area (Å²) in [4.78, 5) is 2.29. The summed E-state index contributed by atoms with van der Waals surface area (Å²) in [5, 5.41) is 7.04. The van der Waals surface area contributed by atoms with Gasteiger partial charge in [-0.2, -0.15) is 0 Å². The van der Waals surface area contributed by atoms with Gasteiger partial charge in [0.05, 0.1) is 12.2 Å². The van der Waals surface area contributed by atoms with Gasteiger partial charge in [0, 0.05) is 19.2 Å². The normalized spacial score (nSPS) is 10.9. The van der Waals surface area contributed by atoms with Gasteiger partial charge < -0.3 is 9.84 Å². The molecule has 0 aliphatic heterocycles. The smallest absolute Gasteiger partial charge is 0.151 e. The van der Waals surface area contributed by atoms with E-state index in [9.17, 15) is 0 Å². The molecule has 0 saturated heterocycles. The van der Waals surface area contributed by atoms with E-state index in [0.29, 0.717) is 0 Å². The molecule has 90 valence electrons. The van der Waals surface area contributed by atoms with E-state index in [2.05, 4.69) is 28.9 Å². The van der Waals surface area contributed by atoms with Gasteiger partial charge in [-0.05, 0) is 20.0 Å². The van der Waals surface area contributed by atoms with Crippen molar-refractivity contribution in [3.05, 3.63) is 30.2 Å². The molecule has 4 nitrogen and oxygen atoms in total. The third-order valence-electron chi connectivity index (χ3n) is 2.27. The lowest BCUT2D eigenvalue weighted by Crippen LogP contribution is -2.23. The van der Waals surface area contributed by atoms with E-state index in [0.717, 1.165) is 44.1 Å². The molecule has 1 aromatic heterocycles. The van der Waals surface area contributed by atoms with Gasteiger partial charge in [0.15, 0.2) is 5.76 Å². The van der Waals surface area contributed by atoms with E-state index in [1.165, 1.54) is 0 Å². The molecule has 0 radical (unpaired) electrons. The third-order valence-corrected chi connectivity index (χ3v) is 2.27. The summed E-state index contributed by atoms with van der Waals surface area (Å²) >= 11 is 0. The van der Waals surface area contributed by atoms with Gasteiger partial charge in [0.2, 0.25) is 0 Å². The Balaban J connectivity index is 2.51. The molecule has 0 amide bonds. The van der Waals surface area contributed by atoms with Crippen LogP contribution in [0.5, 0.6) is 0 Å². The van der Waals surface area contributed by atoms with Crippen molar-refractivity contribution >= 4 is 0 Å². The molecule has 0 spiro atoms. The largest absolute Gasteiger partial charge is 0.360 e. The zero-order valence-corrected chi connectivity index (χ0v) is 10.2. The van der Waals surface area contributed by atoms with Crippen molar-refractivity contribution in [2.75, 3.05) is 20.1 Å². The van der Waals surface area contributed by atoms with E-state index in [1.54, 1.807) is 0 Å². The predicted octanol–water partition coefficient (Wildman–Crippen LogP) is 1.79. The summed E-state index contributed by atoms with van der Waals surface area (Å²) in [5.74, 6) is 0.917. The molecule has 1 heterocycles. The van der Waals surface area contributed by atoms with E-state index < -0.39 is 0 Å². The minimum atomic E-state index is 0.749. The minimum absolute atomic E-state index is 0.749. The van der Waals surface area contributed by atoms with Gasteiger partial charge in [0.1, 0.15) is 0 Å². The molecule has 0 aliphatic rings. The van der Waals surface area contributed by atoms with Crippen molar-refractivity contribution in [1.29, 1.82) is 0 Å². The number of nitrogens with one attached hydrogen (secondary N) is 1. The third kappa shape index (κ3) is 4.16. The Morgan fingerprint density at radius 3 is 3.06 bits per heavy atom.